The fourth-order valence-electron chi connectivity index (χ4n) is 3.12. The number of rotatable bonds is 4. The van der Waals surface area contributed by atoms with Gasteiger partial charge in [0.15, 0.2) is 0 Å². The van der Waals surface area contributed by atoms with Crippen molar-refractivity contribution in [3.05, 3.63) is 47.4 Å². The van der Waals surface area contributed by atoms with Crippen molar-refractivity contribution in [2.45, 2.75) is 64.8 Å². The molecule has 0 bridgehead atoms. The lowest BCUT2D eigenvalue weighted by molar-refractivity contribution is -0.150. The van der Waals surface area contributed by atoms with E-state index in [2.05, 4.69) is 33.8 Å². The Hall–Kier alpha value is -1.59. The third-order valence-corrected chi connectivity index (χ3v) is 5.56. The van der Waals surface area contributed by atoms with Gasteiger partial charge in [-0.05, 0) is 58.0 Å². The molecule has 5 heteroatoms. The maximum atomic E-state index is 12.3. The molecule has 0 N–H and O–H groups in total. The molecule has 3 rings (SSSR count). The van der Waals surface area contributed by atoms with Crippen LogP contribution in [0.15, 0.2) is 41.9 Å². The normalized spacial score (nSPS) is 24.7. The fraction of sp³-hybridized carbons (Fsp3) is 0.550. The highest BCUT2D eigenvalue weighted by Crippen LogP contribution is 2.40. The van der Waals surface area contributed by atoms with Crippen LogP contribution in [-0.4, -0.2) is 24.3 Å². The number of hydrogen-bond donors (Lipinski definition) is 0. The molecule has 0 aromatic heterocycles. The van der Waals surface area contributed by atoms with Crippen LogP contribution in [0.3, 0.4) is 0 Å². The Balaban J connectivity index is 1.53. The predicted molar refractivity (Wildman–Crippen MR) is 97.7 cm³/mol. The molecular formula is C20H27BO4. The van der Waals surface area contributed by atoms with Crippen molar-refractivity contribution < 1.29 is 18.8 Å². The highest BCUT2D eigenvalue weighted by atomic mass is 16.7. The Morgan fingerprint density at radius 2 is 1.80 bits per heavy atom. The summed E-state index contributed by atoms with van der Waals surface area (Å²) in [6, 6.07) is 9.77. The monoisotopic (exact) mass is 342 g/mol. The molecule has 1 aromatic carbocycles. The smallest absolute Gasteiger partial charge is 0.461 e. The molecule has 1 atom stereocenters. The van der Waals surface area contributed by atoms with Crippen molar-refractivity contribution in [1.29, 1.82) is 0 Å². The minimum atomic E-state index is -0.329. The summed E-state index contributed by atoms with van der Waals surface area (Å²) in [6.07, 6.45) is 4.37. The van der Waals surface area contributed by atoms with Crippen LogP contribution in [0.4, 0.5) is 0 Å². The van der Waals surface area contributed by atoms with Gasteiger partial charge in [0.05, 0.1) is 17.1 Å². The van der Waals surface area contributed by atoms with E-state index in [1.165, 1.54) is 0 Å². The summed E-state index contributed by atoms with van der Waals surface area (Å²) in [5, 5.41) is 0. The summed E-state index contributed by atoms with van der Waals surface area (Å²) in [6.45, 7) is 8.56. The van der Waals surface area contributed by atoms with E-state index >= 15 is 0 Å². The lowest BCUT2D eigenvalue weighted by atomic mass is 9.70. The summed E-state index contributed by atoms with van der Waals surface area (Å²) in [7, 11) is -0.300. The van der Waals surface area contributed by atoms with Crippen molar-refractivity contribution in [1.82, 2.24) is 0 Å². The van der Waals surface area contributed by atoms with Crippen LogP contribution >= 0.6 is 0 Å². The molecule has 0 radical (unpaired) electrons. The standard InChI is InChI=1S/C20H27BO4/c1-19(2)20(3,4)25-21(24-19)17-12-10-16(11-13-17)18(22)23-14-15-8-6-5-7-9-15/h5-9,12,16H,10-11,13-14H2,1-4H3. The first kappa shape index (κ1) is 18.2. The van der Waals surface area contributed by atoms with E-state index in [0.717, 1.165) is 23.9 Å². The van der Waals surface area contributed by atoms with Gasteiger partial charge in [-0.1, -0.05) is 36.4 Å². The van der Waals surface area contributed by atoms with Gasteiger partial charge in [-0.2, -0.15) is 0 Å². The number of benzene rings is 1. The molecule has 25 heavy (non-hydrogen) atoms. The molecule has 1 unspecified atom stereocenters. The van der Waals surface area contributed by atoms with E-state index in [0.29, 0.717) is 13.0 Å². The van der Waals surface area contributed by atoms with Crippen LogP contribution in [0.2, 0.25) is 0 Å². The quantitative estimate of drug-likeness (QED) is 0.611. The summed E-state index contributed by atoms with van der Waals surface area (Å²) >= 11 is 0. The molecule has 1 aliphatic carbocycles. The predicted octanol–water partition coefficient (Wildman–Crippen LogP) is 4.09. The lowest BCUT2D eigenvalue weighted by Crippen LogP contribution is -2.41. The Kier molecular flexibility index (Phi) is 5.07. The van der Waals surface area contributed by atoms with Crippen molar-refractivity contribution in [3.8, 4) is 0 Å². The molecule has 1 saturated heterocycles. The fourth-order valence-corrected chi connectivity index (χ4v) is 3.12. The van der Waals surface area contributed by atoms with E-state index in [1.54, 1.807) is 0 Å². The molecule has 1 aromatic rings. The van der Waals surface area contributed by atoms with Gasteiger partial charge in [0.1, 0.15) is 6.61 Å². The van der Waals surface area contributed by atoms with Crippen molar-refractivity contribution in [2.24, 2.45) is 5.92 Å². The van der Waals surface area contributed by atoms with E-state index in [9.17, 15) is 4.79 Å². The molecule has 0 spiro atoms. The van der Waals surface area contributed by atoms with E-state index in [1.807, 2.05) is 30.3 Å². The van der Waals surface area contributed by atoms with E-state index in [4.69, 9.17) is 14.0 Å². The zero-order chi connectivity index (χ0) is 18.1. The van der Waals surface area contributed by atoms with Gasteiger partial charge in [0, 0.05) is 0 Å². The summed E-state index contributed by atoms with van der Waals surface area (Å²) in [5.41, 5.74) is 1.50. The highest BCUT2D eigenvalue weighted by molar-refractivity contribution is 6.54. The Bertz CT molecular complexity index is 635. The molecule has 134 valence electrons. The second kappa shape index (κ2) is 6.97. The zero-order valence-electron chi connectivity index (χ0n) is 15.6. The Labute approximate surface area is 150 Å². The molecule has 1 fully saturated rings. The number of carbonyl (C=O) groups excluding carboxylic acids is 1. The van der Waals surface area contributed by atoms with Gasteiger partial charge in [0.2, 0.25) is 0 Å². The van der Waals surface area contributed by atoms with Gasteiger partial charge < -0.3 is 14.0 Å². The minimum absolute atomic E-state index is 0.0742. The number of hydrogen-bond acceptors (Lipinski definition) is 4. The Morgan fingerprint density at radius 3 is 2.36 bits per heavy atom. The molecule has 0 saturated carbocycles. The Morgan fingerprint density at radius 1 is 1.16 bits per heavy atom. The first-order chi connectivity index (χ1) is 11.8. The number of esters is 1. The van der Waals surface area contributed by atoms with Crippen LogP contribution in [0.25, 0.3) is 0 Å². The van der Waals surface area contributed by atoms with Crippen LogP contribution in [-0.2, 0) is 25.4 Å². The number of ether oxygens (including phenoxy) is 1. The average molecular weight is 342 g/mol. The van der Waals surface area contributed by atoms with Crippen molar-refractivity contribution >= 4 is 13.1 Å². The molecule has 1 aliphatic heterocycles. The maximum Gasteiger partial charge on any atom is 0.490 e. The molecule has 2 aliphatic rings. The van der Waals surface area contributed by atoms with E-state index < -0.39 is 0 Å². The molecule has 1 heterocycles. The average Bonchev–Trinajstić information content (AvgIpc) is 2.81. The SMILES string of the molecule is CC1(C)OB(C2=CCC(C(=O)OCc3ccccc3)CC2)OC1(C)C. The van der Waals surface area contributed by atoms with Crippen molar-refractivity contribution in [2.75, 3.05) is 0 Å². The van der Waals surface area contributed by atoms with Crippen molar-refractivity contribution in [3.63, 3.8) is 0 Å². The summed E-state index contributed by atoms with van der Waals surface area (Å²) in [4.78, 5) is 12.3. The topological polar surface area (TPSA) is 44.8 Å². The largest absolute Gasteiger partial charge is 0.490 e. The second-order valence-corrected chi connectivity index (χ2v) is 7.93. The first-order valence-corrected chi connectivity index (χ1v) is 9.04. The third-order valence-electron chi connectivity index (χ3n) is 5.56. The van der Waals surface area contributed by atoms with Crippen LogP contribution < -0.4 is 0 Å². The van der Waals surface area contributed by atoms with Crippen LogP contribution in [0.5, 0.6) is 0 Å². The number of allylic oxidation sites excluding steroid dienone is 2. The maximum absolute atomic E-state index is 12.3. The van der Waals surface area contributed by atoms with Gasteiger partial charge in [-0.25, -0.2) is 0 Å². The van der Waals surface area contributed by atoms with Crippen LogP contribution in [0.1, 0.15) is 52.5 Å². The van der Waals surface area contributed by atoms with Gasteiger partial charge in [-0.3, -0.25) is 4.79 Å². The van der Waals surface area contributed by atoms with Gasteiger partial charge in [0.25, 0.3) is 0 Å². The summed E-state index contributed by atoms with van der Waals surface area (Å²) in [5.74, 6) is -0.192. The summed E-state index contributed by atoms with van der Waals surface area (Å²) < 4.78 is 17.7. The zero-order valence-corrected chi connectivity index (χ0v) is 15.6. The molecule has 4 nitrogen and oxygen atoms in total. The molecular weight excluding hydrogens is 315 g/mol. The first-order valence-electron chi connectivity index (χ1n) is 9.04. The highest BCUT2D eigenvalue weighted by Gasteiger charge is 2.52. The van der Waals surface area contributed by atoms with Gasteiger partial charge in [-0.15, -0.1) is 0 Å². The number of carbonyl (C=O) groups is 1. The molecule has 0 amide bonds. The third kappa shape index (κ3) is 3.99. The second-order valence-electron chi connectivity index (χ2n) is 7.93. The lowest BCUT2D eigenvalue weighted by Gasteiger charge is -2.32. The van der Waals surface area contributed by atoms with Gasteiger partial charge >= 0.3 is 13.1 Å². The minimum Gasteiger partial charge on any atom is -0.461 e. The van der Waals surface area contributed by atoms with E-state index in [-0.39, 0.29) is 30.2 Å². The van der Waals surface area contributed by atoms with Crippen LogP contribution in [0, 0.1) is 5.92 Å².